The SMILES string of the molecule is C[C@@H](Oc1ccc(C#N)cc1Cl)C(=O)NC1CC1. The molecule has 1 fully saturated rings. The fourth-order valence-electron chi connectivity index (χ4n) is 1.46. The summed E-state index contributed by atoms with van der Waals surface area (Å²) in [5.41, 5.74) is 0.461. The highest BCUT2D eigenvalue weighted by molar-refractivity contribution is 6.32. The van der Waals surface area contributed by atoms with E-state index >= 15 is 0 Å². The normalized spacial score (nSPS) is 15.6. The fourth-order valence-corrected chi connectivity index (χ4v) is 1.68. The van der Waals surface area contributed by atoms with Gasteiger partial charge in [0.2, 0.25) is 0 Å². The van der Waals surface area contributed by atoms with Crippen molar-refractivity contribution in [3.63, 3.8) is 0 Å². The van der Waals surface area contributed by atoms with Gasteiger partial charge in [0, 0.05) is 6.04 Å². The quantitative estimate of drug-likeness (QED) is 0.907. The average Bonchev–Trinajstić information content (AvgIpc) is 3.15. The summed E-state index contributed by atoms with van der Waals surface area (Å²) in [5.74, 6) is 0.270. The van der Waals surface area contributed by atoms with Crippen molar-refractivity contribution in [3.05, 3.63) is 28.8 Å². The Labute approximate surface area is 111 Å². The highest BCUT2D eigenvalue weighted by atomic mass is 35.5. The van der Waals surface area contributed by atoms with Crippen LogP contribution in [0.5, 0.6) is 5.75 Å². The van der Waals surface area contributed by atoms with Gasteiger partial charge < -0.3 is 10.1 Å². The number of ether oxygens (including phenoxy) is 1. The van der Waals surface area contributed by atoms with Gasteiger partial charge in [-0.25, -0.2) is 0 Å². The zero-order chi connectivity index (χ0) is 13.1. The summed E-state index contributed by atoms with van der Waals surface area (Å²) in [6.45, 7) is 1.67. The summed E-state index contributed by atoms with van der Waals surface area (Å²) in [4.78, 5) is 11.7. The topological polar surface area (TPSA) is 62.1 Å². The van der Waals surface area contributed by atoms with Crippen LogP contribution in [0.3, 0.4) is 0 Å². The van der Waals surface area contributed by atoms with Crippen molar-refractivity contribution < 1.29 is 9.53 Å². The predicted octanol–water partition coefficient (Wildman–Crippen LogP) is 2.26. The Morgan fingerprint density at radius 1 is 1.61 bits per heavy atom. The first kappa shape index (κ1) is 12.7. The first-order valence-corrected chi connectivity index (χ1v) is 6.14. The van der Waals surface area contributed by atoms with Crippen LogP contribution in [0, 0.1) is 11.3 Å². The summed E-state index contributed by atoms with van der Waals surface area (Å²) in [6, 6.07) is 7.01. The molecular formula is C13H13ClN2O2. The van der Waals surface area contributed by atoms with Crippen LogP contribution in [0.4, 0.5) is 0 Å². The van der Waals surface area contributed by atoms with Crippen molar-refractivity contribution in [2.45, 2.75) is 31.9 Å². The molecule has 0 unspecified atom stereocenters. The Kier molecular flexibility index (Phi) is 3.73. The first-order chi connectivity index (χ1) is 8.60. The minimum Gasteiger partial charge on any atom is -0.479 e. The minimum atomic E-state index is -0.601. The second-order valence-corrected chi connectivity index (χ2v) is 4.71. The van der Waals surface area contributed by atoms with Gasteiger partial charge in [-0.15, -0.1) is 0 Å². The molecule has 0 heterocycles. The molecule has 1 amide bonds. The van der Waals surface area contributed by atoms with Gasteiger partial charge in [0.05, 0.1) is 16.7 Å². The van der Waals surface area contributed by atoms with Crippen LogP contribution in [0.2, 0.25) is 5.02 Å². The molecule has 0 saturated heterocycles. The number of halogens is 1. The number of benzene rings is 1. The van der Waals surface area contributed by atoms with Gasteiger partial charge in [-0.3, -0.25) is 4.79 Å². The van der Waals surface area contributed by atoms with Crippen LogP contribution >= 0.6 is 11.6 Å². The molecule has 1 N–H and O–H groups in total. The standard InChI is InChI=1S/C13H13ClN2O2/c1-8(13(17)16-10-3-4-10)18-12-5-2-9(7-15)6-11(12)14/h2,5-6,8,10H,3-4H2,1H3,(H,16,17)/t8-/m1/s1. The Bertz CT molecular complexity index is 506. The van der Waals surface area contributed by atoms with E-state index < -0.39 is 6.10 Å². The molecule has 0 aliphatic heterocycles. The number of carbonyl (C=O) groups excluding carboxylic acids is 1. The third-order valence-corrected chi connectivity index (χ3v) is 2.95. The maximum Gasteiger partial charge on any atom is 0.260 e. The van der Waals surface area contributed by atoms with E-state index in [1.165, 1.54) is 6.07 Å². The predicted molar refractivity (Wildman–Crippen MR) is 67.4 cm³/mol. The second kappa shape index (κ2) is 5.28. The molecule has 1 aliphatic rings. The minimum absolute atomic E-state index is 0.141. The van der Waals surface area contributed by atoms with Gasteiger partial charge in [-0.05, 0) is 38.0 Å². The molecule has 1 aromatic rings. The van der Waals surface area contributed by atoms with Gasteiger partial charge in [-0.2, -0.15) is 5.26 Å². The largest absolute Gasteiger partial charge is 0.479 e. The van der Waals surface area contributed by atoms with Crippen molar-refractivity contribution in [1.29, 1.82) is 5.26 Å². The summed E-state index contributed by atoms with van der Waals surface area (Å²) in [5, 5.41) is 11.9. The van der Waals surface area contributed by atoms with Gasteiger partial charge >= 0.3 is 0 Å². The lowest BCUT2D eigenvalue weighted by molar-refractivity contribution is -0.127. The Hall–Kier alpha value is -1.73. The number of amides is 1. The summed E-state index contributed by atoms with van der Waals surface area (Å²) in [7, 11) is 0. The average molecular weight is 265 g/mol. The maximum atomic E-state index is 11.7. The van der Waals surface area contributed by atoms with E-state index in [-0.39, 0.29) is 5.91 Å². The molecular weight excluding hydrogens is 252 g/mol. The van der Waals surface area contributed by atoms with Gasteiger partial charge in [0.25, 0.3) is 5.91 Å². The van der Waals surface area contributed by atoms with E-state index in [9.17, 15) is 4.79 Å². The molecule has 4 nitrogen and oxygen atoms in total. The zero-order valence-electron chi connectivity index (χ0n) is 9.94. The van der Waals surface area contributed by atoms with Crippen molar-refractivity contribution >= 4 is 17.5 Å². The molecule has 0 spiro atoms. The molecule has 0 radical (unpaired) electrons. The van der Waals surface area contributed by atoms with Crippen molar-refractivity contribution in [3.8, 4) is 11.8 Å². The number of carbonyl (C=O) groups is 1. The number of rotatable bonds is 4. The Balaban J connectivity index is 1.99. The van der Waals surface area contributed by atoms with E-state index in [1.807, 2.05) is 6.07 Å². The van der Waals surface area contributed by atoms with Crippen LogP contribution in [0.25, 0.3) is 0 Å². The van der Waals surface area contributed by atoms with Crippen LogP contribution in [0.15, 0.2) is 18.2 Å². The van der Waals surface area contributed by atoms with E-state index in [0.717, 1.165) is 12.8 Å². The molecule has 1 atom stereocenters. The summed E-state index contributed by atoms with van der Waals surface area (Å²) in [6.07, 6.45) is 1.47. The number of nitriles is 1. The molecule has 0 aromatic heterocycles. The van der Waals surface area contributed by atoms with Gasteiger partial charge in [0.15, 0.2) is 6.10 Å². The van der Waals surface area contributed by atoms with E-state index in [2.05, 4.69) is 5.32 Å². The summed E-state index contributed by atoms with van der Waals surface area (Å²) < 4.78 is 5.48. The van der Waals surface area contributed by atoms with Gasteiger partial charge in [-0.1, -0.05) is 11.6 Å². The third kappa shape index (κ3) is 3.14. The van der Waals surface area contributed by atoms with Gasteiger partial charge in [0.1, 0.15) is 5.75 Å². The molecule has 1 aliphatic carbocycles. The number of nitrogens with zero attached hydrogens (tertiary/aromatic N) is 1. The second-order valence-electron chi connectivity index (χ2n) is 4.30. The molecule has 0 bridgehead atoms. The molecule has 5 heteroatoms. The fraction of sp³-hybridized carbons (Fsp3) is 0.385. The number of nitrogens with one attached hydrogen (secondary N) is 1. The highest BCUT2D eigenvalue weighted by Gasteiger charge is 2.26. The van der Waals surface area contributed by atoms with Crippen LogP contribution in [-0.4, -0.2) is 18.1 Å². The smallest absolute Gasteiger partial charge is 0.260 e. The van der Waals surface area contributed by atoms with Crippen LogP contribution < -0.4 is 10.1 Å². The number of hydrogen-bond acceptors (Lipinski definition) is 3. The lowest BCUT2D eigenvalue weighted by Gasteiger charge is -2.15. The lowest BCUT2D eigenvalue weighted by Crippen LogP contribution is -2.37. The molecule has 1 aromatic carbocycles. The Morgan fingerprint density at radius 2 is 2.33 bits per heavy atom. The van der Waals surface area contributed by atoms with Crippen LogP contribution in [-0.2, 0) is 4.79 Å². The van der Waals surface area contributed by atoms with E-state index in [1.54, 1.807) is 19.1 Å². The molecule has 1 saturated carbocycles. The molecule has 18 heavy (non-hydrogen) atoms. The first-order valence-electron chi connectivity index (χ1n) is 5.77. The van der Waals surface area contributed by atoms with E-state index in [4.69, 9.17) is 21.6 Å². The van der Waals surface area contributed by atoms with Crippen molar-refractivity contribution in [2.24, 2.45) is 0 Å². The van der Waals surface area contributed by atoms with Crippen LogP contribution in [0.1, 0.15) is 25.3 Å². The third-order valence-electron chi connectivity index (χ3n) is 2.66. The number of hydrogen-bond donors (Lipinski definition) is 1. The maximum absolute atomic E-state index is 11.7. The van der Waals surface area contributed by atoms with E-state index in [0.29, 0.717) is 22.4 Å². The monoisotopic (exact) mass is 264 g/mol. The Morgan fingerprint density at radius 3 is 2.89 bits per heavy atom. The lowest BCUT2D eigenvalue weighted by atomic mass is 10.2. The van der Waals surface area contributed by atoms with Crippen molar-refractivity contribution in [2.75, 3.05) is 0 Å². The van der Waals surface area contributed by atoms with Crippen molar-refractivity contribution in [1.82, 2.24) is 5.32 Å². The highest BCUT2D eigenvalue weighted by Crippen LogP contribution is 2.26. The summed E-state index contributed by atoms with van der Waals surface area (Å²) >= 11 is 5.97. The molecule has 94 valence electrons. The zero-order valence-corrected chi connectivity index (χ0v) is 10.7. The molecule has 2 rings (SSSR count).